The Labute approximate surface area is 107 Å². The summed E-state index contributed by atoms with van der Waals surface area (Å²) in [6.45, 7) is 1.75. The highest BCUT2D eigenvalue weighted by Crippen LogP contribution is 2.25. The summed E-state index contributed by atoms with van der Waals surface area (Å²) < 4.78 is 5.17. The number of aliphatic hydroxyl groups is 1. The van der Waals surface area contributed by atoms with Crippen LogP contribution >= 0.6 is 0 Å². The van der Waals surface area contributed by atoms with Crippen LogP contribution in [0.15, 0.2) is 18.2 Å². The summed E-state index contributed by atoms with van der Waals surface area (Å²) in [6.07, 6.45) is 1.26. The number of hydrogen-bond donors (Lipinski definition) is 2. The predicted octanol–water partition coefficient (Wildman–Crippen LogP) is 1.78. The SMILES string of the molecule is CCCC(=O)Nc1cc(C#CCO)ccc1OC. The number of benzene rings is 1. The molecule has 2 N–H and O–H groups in total. The molecular formula is C14H17NO3. The molecule has 18 heavy (non-hydrogen) atoms. The Morgan fingerprint density at radius 2 is 2.28 bits per heavy atom. The van der Waals surface area contributed by atoms with Crippen molar-refractivity contribution in [1.29, 1.82) is 0 Å². The number of methoxy groups -OCH3 is 1. The summed E-state index contributed by atoms with van der Waals surface area (Å²) in [5, 5.41) is 11.4. The number of aliphatic hydroxyl groups excluding tert-OH is 1. The highest BCUT2D eigenvalue weighted by molar-refractivity contribution is 5.92. The van der Waals surface area contributed by atoms with Gasteiger partial charge in [0.15, 0.2) is 0 Å². The lowest BCUT2D eigenvalue weighted by Gasteiger charge is -2.10. The van der Waals surface area contributed by atoms with Gasteiger partial charge in [-0.05, 0) is 24.6 Å². The second kappa shape index (κ2) is 7.36. The van der Waals surface area contributed by atoms with Crippen molar-refractivity contribution in [3.8, 4) is 17.6 Å². The van der Waals surface area contributed by atoms with Crippen molar-refractivity contribution in [2.45, 2.75) is 19.8 Å². The van der Waals surface area contributed by atoms with Gasteiger partial charge in [-0.25, -0.2) is 0 Å². The number of ether oxygens (including phenoxy) is 1. The quantitative estimate of drug-likeness (QED) is 0.797. The molecule has 0 radical (unpaired) electrons. The summed E-state index contributed by atoms with van der Waals surface area (Å²) in [5.74, 6) is 5.88. The van der Waals surface area contributed by atoms with Gasteiger partial charge in [-0.2, -0.15) is 0 Å². The maximum Gasteiger partial charge on any atom is 0.224 e. The van der Waals surface area contributed by atoms with Crippen LogP contribution in [0.25, 0.3) is 0 Å². The summed E-state index contributed by atoms with van der Waals surface area (Å²) in [4.78, 5) is 11.6. The molecule has 0 heterocycles. The fourth-order valence-corrected chi connectivity index (χ4v) is 1.46. The number of rotatable bonds is 4. The van der Waals surface area contributed by atoms with Crippen LogP contribution in [0.5, 0.6) is 5.75 Å². The lowest BCUT2D eigenvalue weighted by atomic mass is 10.2. The van der Waals surface area contributed by atoms with Crippen molar-refractivity contribution in [1.82, 2.24) is 0 Å². The molecule has 0 aromatic heterocycles. The minimum Gasteiger partial charge on any atom is -0.495 e. The Hall–Kier alpha value is -1.99. The summed E-state index contributed by atoms with van der Waals surface area (Å²) in [5.41, 5.74) is 1.32. The number of carbonyl (C=O) groups excluding carboxylic acids is 1. The Balaban J connectivity index is 2.95. The van der Waals surface area contributed by atoms with E-state index in [2.05, 4.69) is 17.2 Å². The van der Waals surface area contributed by atoms with E-state index in [4.69, 9.17) is 9.84 Å². The molecule has 0 saturated heterocycles. The first-order valence-corrected chi connectivity index (χ1v) is 5.78. The van der Waals surface area contributed by atoms with Crippen molar-refractivity contribution in [3.63, 3.8) is 0 Å². The Kier molecular flexibility index (Phi) is 5.75. The van der Waals surface area contributed by atoms with Crippen LogP contribution in [0.2, 0.25) is 0 Å². The first-order valence-electron chi connectivity index (χ1n) is 5.78. The van der Waals surface area contributed by atoms with Crippen molar-refractivity contribution in [2.75, 3.05) is 19.0 Å². The third-order valence-electron chi connectivity index (χ3n) is 2.26. The molecule has 4 heteroatoms. The van der Waals surface area contributed by atoms with Crippen LogP contribution in [-0.2, 0) is 4.79 Å². The molecule has 0 aliphatic rings. The molecule has 0 bridgehead atoms. The van der Waals surface area contributed by atoms with Crippen LogP contribution in [0.1, 0.15) is 25.3 Å². The summed E-state index contributed by atoms with van der Waals surface area (Å²) in [6, 6.07) is 5.25. The van der Waals surface area contributed by atoms with Crippen LogP contribution in [0, 0.1) is 11.8 Å². The van der Waals surface area contributed by atoms with Crippen molar-refractivity contribution in [3.05, 3.63) is 23.8 Å². The smallest absolute Gasteiger partial charge is 0.224 e. The van der Waals surface area contributed by atoms with Gasteiger partial charge in [0.2, 0.25) is 5.91 Å². The third kappa shape index (κ3) is 4.11. The predicted molar refractivity (Wildman–Crippen MR) is 70.5 cm³/mol. The monoisotopic (exact) mass is 247 g/mol. The Bertz CT molecular complexity index is 472. The van der Waals surface area contributed by atoms with Gasteiger partial charge in [-0.1, -0.05) is 18.8 Å². The molecule has 0 fully saturated rings. The highest BCUT2D eigenvalue weighted by atomic mass is 16.5. The van der Waals surface area contributed by atoms with Gasteiger partial charge >= 0.3 is 0 Å². The molecule has 1 aromatic carbocycles. The van der Waals surface area contributed by atoms with Crippen molar-refractivity contribution < 1.29 is 14.6 Å². The van der Waals surface area contributed by atoms with E-state index < -0.39 is 0 Å². The third-order valence-corrected chi connectivity index (χ3v) is 2.26. The minimum atomic E-state index is -0.191. The molecule has 0 unspecified atom stereocenters. The van der Waals surface area contributed by atoms with E-state index in [1.54, 1.807) is 25.3 Å². The lowest BCUT2D eigenvalue weighted by Crippen LogP contribution is -2.11. The zero-order chi connectivity index (χ0) is 13.4. The van der Waals surface area contributed by atoms with E-state index in [-0.39, 0.29) is 12.5 Å². The Morgan fingerprint density at radius 3 is 2.89 bits per heavy atom. The van der Waals surface area contributed by atoms with Crippen LogP contribution in [-0.4, -0.2) is 24.7 Å². The first-order chi connectivity index (χ1) is 8.71. The van der Waals surface area contributed by atoms with Crippen LogP contribution in [0.3, 0.4) is 0 Å². The molecule has 0 aliphatic heterocycles. The van der Waals surface area contributed by atoms with Gasteiger partial charge in [0, 0.05) is 12.0 Å². The number of carbonyl (C=O) groups is 1. The minimum absolute atomic E-state index is 0.0527. The largest absolute Gasteiger partial charge is 0.495 e. The average molecular weight is 247 g/mol. The average Bonchev–Trinajstić information content (AvgIpc) is 2.37. The lowest BCUT2D eigenvalue weighted by molar-refractivity contribution is -0.116. The maximum absolute atomic E-state index is 11.6. The molecule has 0 aliphatic carbocycles. The highest BCUT2D eigenvalue weighted by Gasteiger charge is 2.07. The van der Waals surface area contributed by atoms with Crippen LogP contribution < -0.4 is 10.1 Å². The fourth-order valence-electron chi connectivity index (χ4n) is 1.46. The first kappa shape index (κ1) is 14.1. The second-order valence-corrected chi connectivity index (χ2v) is 3.67. The standard InChI is InChI=1S/C14H17NO3/c1-3-5-14(17)15-12-10-11(6-4-9-16)7-8-13(12)18-2/h7-8,10,16H,3,5,9H2,1-2H3,(H,15,17). The number of amides is 1. The topological polar surface area (TPSA) is 58.6 Å². The van der Waals surface area contributed by atoms with E-state index in [9.17, 15) is 4.79 Å². The zero-order valence-corrected chi connectivity index (χ0v) is 10.6. The molecule has 1 rings (SSSR count). The van der Waals surface area contributed by atoms with Gasteiger partial charge < -0.3 is 15.2 Å². The maximum atomic E-state index is 11.6. The fraction of sp³-hybridized carbons (Fsp3) is 0.357. The second-order valence-electron chi connectivity index (χ2n) is 3.67. The van der Waals surface area contributed by atoms with Gasteiger partial charge in [-0.15, -0.1) is 0 Å². The molecule has 1 aromatic rings. The molecule has 1 amide bonds. The zero-order valence-electron chi connectivity index (χ0n) is 10.6. The van der Waals surface area contributed by atoms with E-state index in [1.165, 1.54) is 0 Å². The van der Waals surface area contributed by atoms with Gasteiger partial charge in [0.25, 0.3) is 0 Å². The van der Waals surface area contributed by atoms with Gasteiger partial charge in [0.1, 0.15) is 12.4 Å². The van der Waals surface area contributed by atoms with Crippen molar-refractivity contribution in [2.24, 2.45) is 0 Å². The molecule has 0 saturated carbocycles. The molecule has 0 atom stereocenters. The van der Waals surface area contributed by atoms with E-state index >= 15 is 0 Å². The van der Waals surface area contributed by atoms with E-state index in [1.807, 2.05) is 6.92 Å². The van der Waals surface area contributed by atoms with E-state index in [0.29, 0.717) is 17.9 Å². The van der Waals surface area contributed by atoms with Gasteiger partial charge in [0.05, 0.1) is 12.8 Å². The van der Waals surface area contributed by atoms with Gasteiger partial charge in [-0.3, -0.25) is 4.79 Å². The van der Waals surface area contributed by atoms with Crippen LogP contribution in [0.4, 0.5) is 5.69 Å². The van der Waals surface area contributed by atoms with Crippen molar-refractivity contribution >= 4 is 11.6 Å². The molecule has 96 valence electrons. The number of nitrogens with one attached hydrogen (secondary N) is 1. The summed E-state index contributed by atoms with van der Waals surface area (Å²) >= 11 is 0. The van der Waals surface area contributed by atoms with E-state index in [0.717, 1.165) is 12.0 Å². The Morgan fingerprint density at radius 1 is 1.50 bits per heavy atom. The number of hydrogen-bond acceptors (Lipinski definition) is 3. The summed E-state index contributed by atoms with van der Waals surface area (Å²) in [7, 11) is 1.55. The normalized spacial score (nSPS) is 9.28. The molecule has 4 nitrogen and oxygen atoms in total. The molecule has 0 spiro atoms. The molecular weight excluding hydrogens is 230 g/mol. The number of anilines is 1.